The molecule has 1 amide bonds. The Morgan fingerprint density at radius 3 is 2.95 bits per heavy atom. The molecule has 1 saturated heterocycles. The summed E-state index contributed by atoms with van der Waals surface area (Å²) in [4.78, 5) is 23.8. The van der Waals surface area contributed by atoms with Crippen molar-refractivity contribution < 1.29 is 14.5 Å². The monoisotopic (exact) mass is 263 g/mol. The molecule has 0 aromatic heterocycles. The van der Waals surface area contributed by atoms with E-state index in [-0.39, 0.29) is 23.7 Å². The van der Waals surface area contributed by atoms with Crippen molar-refractivity contribution in [3.63, 3.8) is 0 Å². The first kappa shape index (κ1) is 11.9. The summed E-state index contributed by atoms with van der Waals surface area (Å²) in [5.41, 5.74) is 6.42. The number of rotatable bonds is 1. The third-order valence-electron chi connectivity index (χ3n) is 3.66. The lowest BCUT2D eigenvalue weighted by atomic mass is 9.87. The van der Waals surface area contributed by atoms with E-state index in [2.05, 4.69) is 0 Å². The van der Waals surface area contributed by atoms with Gasteiger partial charge in [0.1, 0.15) is 18.4 Å². The molecule has 7 heteroatoms. The van der Waals surface area contributed by atoms with Gasteiger partial charge in [0, 0.05) is 17.7 Å². The van der Waals surface area contributed by atoms with Gasteiger partial charge in [-0.15, -0.1) is 0 Å². The van der Waals surface area contributed by atoms with E-state index >= 15 is 0 Å². The predicted molar refractivity (Wildman–Crippen MR) is 65.6 cm³/mol. The molecule has 2 aliphatic heterocycles. The maximum atomic E-state index is 11.8. The Labute approximate surface area is 109 Å². The summed E-state index contributed by atoms with van der Waals surface area (Å²) >= 11 is 0. The number of non-ortho nitro benzene ring substituents is 1. The molecule has 0 saturated carbocycles. The fraction of sp³-hybridized carbons (Fsp3) is 0.417. The number of nitrogens with zero attached hydrogens (tertiary/aromatic N) is 2. The molecule has 3 rings (SSSR count). The molecule has 2 N–H and O–H groups in total. The number of carbonyl (C=O) groups excluding carboxylic acids is 1. The van der Waals surface area contributed by atoms with E-state index in [9.17, 15) is 14.9 Å². The zero-order valence-corrected chi connectivity index (χ0v) is 10.3. The molecule has 7 nitrogen and oxygen atoms in total. The number of hydrogen-bond donors (Lipinski definition) is 1. The van der Waals surface area contributed by atoms with E-state index < -0.39 is 11.0 Å². The highest BCUT2D eigenvalue weighted by molar-refractivity contribution is 5.90. The number of ether oxygens (including phenoxy) is 1. The van der Waals surface area contributed by atoms with Gasteiger partial charge in [-0.25, -0.2) is 0 Å². The summed E-state index contributed by atoms with van der Waals surface area (Å²) in [5.74, 6) is 0.424. The van der Waals surface area contributed by atoms with E-state index in [0.29, 0.717) is 17.9 Å². The second kappa shape index (κ2) is 3.92. The highest BCUT2D eigenvalue weighted by Gasteiger charge is 2.50. The van der Waals surface area contributed by atoms with E-state index in [1.807, 2.05) is 6.92 Å². The van der Waals surface area contributed by atoms with Crippen LogP contribution in [0.2, 0.25) is 0 Å². The molecule has 0 aliphatic carbocycles. The number of nitro benzene ring substituents is 1. The Morgan fingerprint density at radius 2 is 2.26 bits per heavy atom. The molecule has 2 heterocycles. The van der Waals surface area contributed by atoms with Crippen LogP contribution in [0, 0.1) is 10.1 Å². The molecule has 100 valence electrons. The van der Waals surface area contributed by atoms with Crippen LogP contribution in [-0.2, 0) is 4.79 Å². The van der Waals surface area contributed by atoms with Gasteiger partial charge in [0.25, 0.3) is 5.69 Å². The number of carbonyl (C=O) groups is 1. The van der Waals surface area contributed by atoms with Crippen molar-refractivity contribution in [3.05, 3.63) is 33.9 Å². The van der Waals surface area contributed by atoms with Crippen molar-refractivity contribution in [2.75, 3.05) is 6.61 Å². The van der Waals surface area contributed by atoms with E-state index in [0.717, 1.165) is 0 Å². The van der Waals surface area contributed by atoms with E-state index in [1.165, 1.54) is 12.1 Å². The predicted octanol–water partition coefficient (Wildman–Crippen LogP) is 0.586. The summed E-state index contributed by atoms with van der Waals surface area (Å²) in [7, 11) is 0. The second-order valence-electron chi connectivity index (χ2n) is 4.86. The van der Waals surface area contributed by atoms with E-state index in [4.69, 9.17) is 10.5 Å². The van der Waals surface area contributed by atoms with Crippen LogP contribution in [0.4, 0.5) is 5.69 Å². The molecule has 19 heavy (non-hydrogen) atoms. The molecule has 2 aliphatic rings. The average Bonchev–Trinajstić information content (AvgIpc) is 2.52. The summed E-state index contributed by atoms with van der Waals surface area (Å²) in [6.07, 6.45) is 0. The van der Waals surface area contributed by atoms with Gasteiger partial charge in [0.05, 0.1) is 17.0 Å². The summed E-state index contributed by atoms with van der Waals surface area (Å²) in [6, 6.07) is 3.33. The smallest absolute Gasteiger partial charge is 0.270 e. The van der Waals surface area contributed by atoms with Crippen molar-refractivity contribution in [1.29, 1.82) is 0 Å². The topological polar surface area (TPSA) is 98.7 Å². The Morgan fingerprint density at radius 1 is 1.53 bits per heavy atom. The molecule has 0 unspecified atom stereocenters. The Kier molecular flexibility index (Phi) is 2.46. The fourth-order valence-electron chi connectivity index (χ4n) is 2.67. The Balaban J connectivity index is 2.09. The largest absolute Gasteiger partial charge is 0.491 e. The minimum atomic E-state index is -0.648. The quantitative estimate of drug-likeness (QED) is 0.454. The zero-order chi connectivity index (χ0) is 13.7. The van der Waals surface area contributed by atoms with Crippen LogP contribution in [0.15, 0.2) is 18.2 Å². The summed E-state index contributed by atoms with van der Waals surface area (Å²) in [6.45, 7) is 2.23. The molecule has 3 atom stereocenters. The minimum Gasteiger partial charge on any atom is -0.491 e. The Hall–Kier alpha value is -2.15. The SMILES string of the molecule is C[C@H]1COc2ccc([N+](=O)[O-])cc2[C@@H]2[C@@H](N)C(=O)N21. The highest BCUT2D eigenvalue weighted by atomic mass is 16.6. The number of nitro groups is 1. The number of β-lactam (4-membered cyclic amide) rings is 1. The third-order valence-corrected chi connectivity index (χ3v) is 3.66. The highest BCUT2D eigenvalue weighted by Crippen LogP contribution is 2.43. The molecule has 1 aromatic carbocycles. The first-order chi connectivity index (χ1) is 9.00. The molecule has 0 spiro atoms. The van der Waals surface area contributed by atoms with Gasteiger partial charge < -0.3 is 15.4 Å². The van der Waals surface area contributed by atoms with Crippen LogP contribution in [0.25, 0.3) is 0 Å². The van der Waals surface area contributed by atoms with Crippen molar-refractivity contribution in [2.45, 2.75) is 25.0 Å². The van der Waals surface area contributed by atoms with Gasteiger partial charge >= 0.3 is 0 Å². The van der Waals surface area contributed by atoms with Crippen molar-refractivity contribution >= 4 is 11.6 Å². The Bertz CT molecular complexity index is 574. The lowest BCUT2D eigenvalue weighted by molar-refractivity contribution is -0.385. The van der Waals surface area contributed by atoms with Crippen LogP contribution in [0.1, 0.15) is 18.5 Å². The van der Waals surface area contributed by atoms with Crippen molar-refractivity contribution in [2.24, 2.45) is 5.73 Å². The van der Waals surface area contributed by atoms with Gasteiger partial charge in [-0.3, -0.25) is 14.9 Å². The number of nitrogens with two attached hydrogens (primary N) is 1. The van der Waals surface area contributed by atoms with Crippen molar-refractivity contribution in [3.8, 4) is 5.75 Å². The number of benzene rings is 1. The number of amides is 1. The van der Waals surface area contributed by atoms with Crippen LogP contribution in [0.3, 0.4) is 0 Å². The minimum absolute atomic E-state index is 0.0246. The fourth-order valence-corrected chi connectivity index (χ4v) is 2.67. The van der Waals surface area contributed by atoms with Gasteiger partial charge in [-0.2, -0.15) is 0 Å². The van der Waals surface area contributed by atoms with Gasteiger partial charge in [0.15, 0.2) is 0 Å². The normalized spacial score (nSPS) is 28.6. The molecule has 0 radical (unpaired) electrons. The van der Waals surface area contributed by atoms with Crippen LogP contribution in [-0.4, -0.2) is 34.4 Å². The zero-order valence-electron chi connectivity index (χ0n) is 10.3. The van der Waals surface area contributed by atoms with Crippen molar-refractivity contribution in [1.82, 2.24) is 4.90 Å². The molecule has 1 fully saturated rings. The number of hydrogen-bond acceptors (Lipinski definition) is 5. The third kappa shape index (κ3) is 1.58. The van der Waals surface area contributed by atoms with Crippen LogP contribution < -0.4 is 10.5 Å². The molecule has 1 aromatic rings. The standard InChI is InChI=1S/C12H13N3O4/c1-6-5-19-9-3-2-7(15(17)18)4-8(9)11-10(13)12(16)14(6)11/h2-4,6,10-11H,5,13H2,1H3/t6-,10+,11+/m0/s1. The molecular formula is C12H13N3O4. The van der Waals surface area contributed by atoms with E-state index in [1.54, 1.807) is 11.0 Å². The average molecular weight is 263 g/mol. The molecule has 0 bridgehead atoms. The summed E-state index contributed by atoms with van der Waals surface area (Å²) in [5, 5.41) is 10.8. The lowest BCUT2D eigenvalue weighted by Gasteiger charge is -2.47. The second-order valence-corrected chi connectivity index (χ2v) is 4.86. The van der Waals surface area contributed by atoms with Gasteiger partial charge in [0.2, 0.25) is 5.91 Å². The maximum absolute atomic E-state index is 11.8. The van der Waals surface area contributed by atoms with Gasteiger partial charge in [-0.05, 0) is 13.0 Å². The maximum Gasteiger partial charge on any atom is 0.270 e. The first-order valence-corrected chi connectivity index (χ1v) is 5.99. The first-order valence-electron chi connectivity index (χ1n) is 5.99. The number of fused-ring (bicyclic) bond motifs is 3. The molecular weight excluding hydrogens is 250 g/mol. The van der Waals surface area contributed by atoms with Crippen LogP contribution in [0.5, 0.6) is 5.75 Å². The van der Waals surface area contributed by atoms with Crippen LogP contribution >= 0.6 is 0 Å². The lowest BCUT2D eigenvalue weighted by Crippen LogP contribution is -2.65. The van der Waals surface area contributed by atoms with Gasteiger partial charge in [-0.1, -0.05) is 0 Å². The summed E-state index contributed by atoms with van der Waals surface area (Å²) < 4.78 is 5.60.